The van der Waals surface area contributed by atoms with Gasteiger partial charge in [-0.3, -0.25) is 29.5 Å². The van der Waals surface area contributed by atoms with Gasteiger partial charge in [-0.1, -0.05) is 54.7 Å². The second-order valence-corrected chi connectivity index (χ2v) is 13.0. The molecule has 3 heterocycles. The Morgan fingerprint density at radius 2 is 1.57 bits per heavy atom. The Hall–Kier alpha value is -4.43. The SMILES string of the molecule is C=CCOC(=O)N1CCC(N2CCN(C(=O)[C@@H]3C[C@H](SC(=O)c4ccccc4)CN3C(=O)OCc3ccc([N+](=O)[O-])cc3)CC2)CC1. The zero-order valence-corrected chi connectivity index (χ0v) is 26.9. The number of nitro groups is 1. The van der Waals surface area contributed by atoms with Crippen LogP contribution in [0.25, 0.3) is 0 Å². The summed E-state index contributed by atoms with van der Waals surface area (Å²) in [6.07, 6.45) is 2.51. The second kappa shape index (κ2) is 15.9. The molecule has 0 N–H and O–H groups in total. The summed E-state index contributed by atoms with van der Waals surface area (Å²) in [6.45, 7) is 7.41. The first kappa shape index (κ1) is 33.9. The first-order chi connectivity index (χ1) is 22.7. The molecule has 3 saturated heterocycles. The van der Waals surface area contributed by atoms with Crippen LogP contribution in [-0.4, -0.2) is 117 Å². The van der Waals surface area contributed by atoms with Crippen molar-refractivity contribution in [2.45, 2.75) is 43.2 Å². The van der Waals surface area contributed by atoms with Crippen molar-refractivity contribution in [1.82, 2.24) is 19.6 Å². The van der Waals surface area contributed by atoms with Crippen molar-refractivity contribution in [3.05, 3.63) is 88.5 Å². The normalized spacial score (nSPS) is 20.5. The van der Waals surface area contributed by atoms with E-state index in [1.807, 2.05) is 6.07 Å². The van der Waals surface area contributed by atoms with Crippen molar-refractivity contribution in [3.63, 3.8) is 0 Å². The van der Waals surface area contributed by atoms with Crippen molar-refractivity contribution in [3.8, 4) is 0 Å². The number of non-ortho nitro benzene ring substituents is 1. The number of nitrogens with zero attached hydrogens (tertiary/aromatic N) is 5. The Morgan fingerprint density at radius 1 is 0.894 bits per heavy atom. The quantitative estimate of drug-likeness (QED) is 0.218. The lowest BCUT2D eigenvalue weighted by Crippen LogP contribution is -2.57. The summed E-state index contributed by atoms with van der Waals surface area (Å²) in [7, 11) is 0. The van der Waals surface area contributed by atoms with Gasteiger partial charge in [-0.25, -0.2) is 9.59 Å². The molecule has 0 spiro atoms. The Kier molecular flexibility index (Phi) is 11.5. The lowest BCUT2D eigenvalue weighted by Gasteiger charge is -2.43. The minimum atomic E-state index is -0.781. The number of amides is 3. The molecular weight excluding hydrogens is 626 g/mol. The molecule has 3 aliphatic rings. The highest BCUT2D eigenvalue weighted by atomic mass is 32.2. The van der Waals surface area contributed by atoms with E-state index in [1.165, 1.54) is 29.2 Å². The predicted molar refractivity (Wildman–Crippen MR) is 175 cm³/mol. The molecule has 2 aromatic carbocycles. The van der Waals surface area contributed by atoms with E-state index in [4.69, 9.17) is 9.47 Å². The van der Waals surface area contributed by atoms with Crippen molar-refractivity contribution >= 4 is 40.7 Å². The van der Waals surface area contributed by atoms with E-state index in [9.17, 15) is 29.3 Å². The number of piperidine rings is 1. The second-order valence-electron chi connectivity index (χ2n) is 11.7. The van der Waals surface area contributed by atoms with Gasteiger partial charge < -0.3 is 19.3 Å². The first-order valence-corrected chi connectivity index (χ1v) is 16.6. The van der Waals surface area contributed by atoms with E-state index < -0.39 is 17.1 Å². The minimum absolute atomic E-state index is 0.0669. The summed E-state index contributed by atoms with van der Waals surface area (Å²) in [4.78, 5) is 70.2. The van der Waals surface area contributed by atoms with Crippen molar-refractivity contribution in [2.75, 3.05) is 52.4 Å². The molecule has 3 fully saturated rings. The summed E-state index contributed by atoms with van der Waals surface area (Å²) in [5.41, 5.74) is 1.06. The molecule has 2 aromatic rings. The maximum absolute atomic E-state index is 13.9. The van der Waals surface area contributed by atoms with Crippen molar-refractivity contribution in [2.24, 2.45) is 0 Å². The van der Waals surface area contributed by atoms with E-state index in [2.05, 4.69) is 11.5 Å². The molecule has 47 heavy (non-hydrogen) atoms. The number of nitro benzene ring substituents is 1. The molecule has 0 unspecified atom stereocenters. The van der Waals surface area contributed by atoms with Crippen LogP contribution in [0.3, 0.4) is 0 Å². The maximum atomic E-state index is 13.9. The van der Waals surface area contributed by atoms with Crippen LogP contribution in [0, 0.1) is 10.1 Å². The molecule has 0 aromatic heterocycles. The Labute approximate surface area is 277 Å². The Balaban J connectivity index is 1.18. The summed E-state index contributed by atoms with van der Waals surface area (Å²) in [6, 6.07) is 14.1. The van der Waals surface area contributed by atoms with Crippen LogP contribution < -0.4 is 0 Å². The molecular formula is C33H39N5O8S. The van der Waals surface area contributed by atoms with Gasteiger partial charge in [0.25, 0.3) is 5.69 Å². The number of thioether (sulfide) groups is 1. The standard InChI is InChI=1S/C33H39N5O8S/c1-2-20-45-32(41)36-14-12-26(13-15-36)34-16-18-35(19-17-34)30(39)29-21-28(47-31(40)25-6-4-3-5-7-25)22-37(29)33(42)46-23-24-8-10-27(11-9-24)38(43)44/h2-11,26,28-29H,1,12-23H2/t28-,29-/m0/s1. The molecule has 3 amide bonds. The summed E-state index contributed by atoms with van der Waals surface area (Å²) < 4.78 is 10.7. The van der Waals surface area contributed by atoms with Crippen LogP contribution in [0.5, 0.6) is 0 Å². The number of piperazine rings is 1. The first-order valence-electron chi connectivity index (χ1n) is 15.7. The van der Waals surface area contributed by atoms with Crippen molar-refractivity contribution < 1.29 is 33.6 Å². The number of carbonyl (C=O) groups excluding carboxylic acids is 4. The van der Waals surface area contributed by atoms with Gasteiger partial charge in [-0.2, -0.15) is 0 Å². The molecule has 0 saturated carbocycles. The topological polar surface area (TPSA) is 143 Å². The molecule has 13 nitrogen and oxygen atoms in total. The van der Waals surface area contributed by atoms with E-state index in [-0.39, 0.29) is 47.8 Å². The largest absolute Gasteiger partial charge is 0.445 e. The van der Waals surface area contributed by atoms with Crippen LogP contribution in [-0.2, 0) is 20.9 Å². The van der Waals surface area contributed by atoms with E-state index in [0.717, 1.165) is 24.6 Å². The fraction of sp³-hybridized carbons (Fsp3) is 0.455. The zero-order chi connectivity index (χ0) is 33.3. The molecule has 5 rings (SSSR count). The van der Waals surface area contributed by atoms with Crippen LogP contribution in [0.15, 0.2) is 67.3 Å². The predicted octanol–water partition coefficient (Wildman–Crippen LogP) is 4.18. The highest BCUT2D eigenvalue weighted by Crippen LogP contribution is 2.32. The molecule has 3 aliphatic heterocycles. The van der Waals surface area contributed by atoms with Gasteiger partial charge in [0.2, 0.25) is 11.0 Å². The number of ether oxygens (including phenoxy) is 2. The fourth-order valence-electron chi connectivity index (χ4n) is 6.21. The highest BCUT2D eigenvalue weighted by Gasteiger charge is 2.44. The molecule has 0 aliphatic carbocycles. The number of benzene rings is 2. The Bertz CT molecular complexity index is 1440. The average molecular weight is 666 g/mol. The fourth-order valence-corrected chi connectivity index (χ4v) is 7.30. The third-order valence-corrected chi connectivity index (χ3v) is 9.89. The maximum Gasteiger partial charge on any atom is 0.410 e. The zero-order valence-electron chi connectivity index (χ0n) is 26.1. The summed E-state index contributed by atoms with van der Waals surface area (Å²) in [5.74, 6) is -0.174. The molecule has 0 radical (unpaired) electrons. The number of likely N-dealkylation sites (tertiary alicyclic amines) is 2. The van der Waals surface area contributed by atoms with E-state index in [1.54, 1.807) is 40.1 Å². The number of hydrogen-bond donors (Lipinski definition) is 0. The van der Waals surface area contributed by atoms with E-state index >= 15 is 0 Å². The Morgan fingerprint density at radius 3 is 2.21 bits per heavy atom. The molecule has 250 valence electrons. The van der Waals surface area contributed by atoms with Crippen molar-refractivity contribution in [1.29, 1.82) is 0 Å². The smallest absolute Gasteiger partial charge is 0.410 e. The lowest BCUT2D eigenvalue weighted by molar-refractivity contribution is -0.384. The van der Waals surface area contributed by atoms with Crippen LogP contribution >= 0.6 is 11.8 Å². The van der Waals surface area contributed by atoms with Gasteiger partial charge >= 0.3 is 12.2 Å². The molecule has 2 atom stereocenters. The number of rotatable bonds is 9. The average Bonchev–Trinajstić information content (AvgIpc) is 3.53. The van der Waals surface area contributed by atoms with Gasteiger partial charge in [-0.15, -0.1) is 0 Å². The minimum Gasteiger partial charge on any atom is -0.445 e. The highest BCUT2D eigenvalue weighted by molar-refractivity contribution is 8.14. The van der Waals surface area contributed by atoms with Gasteiger partial charge in [0, 0.05) is 74.8 Å². The molecule has 0 bridgehead atoms. The van der Waals surface area contributed by atoms with Crippen LogP contribution in [0.1, 0.15) is 35.2 Å². The van der Waals surface area contributed by atoms with Crippen LogP contribution in [0.4, 0.5) is 15.3 Å². The summed E-state index contributed by atoms with van der Waals surface area (Å²) >= 11 is 1.12. The van der Waals surface area contributed by atoms with E-state index in [0.29, 0.717) is 62.9 Å². The number of hydrogen-bond acceptors (Lipinski definition) is 10. The lowest BCUT2D eigenvalue weighted by atomic mass is 10.0. The number of carbonyl (C=O) groups is 4. The van der Waals surface area contributed by atoms with Gasteiger partial charge in [0.1, 0.15) is 19.3 Å². The van der Waals surface area contributed by atoms with Gasteiger partial charge in [-0.05, 0) is 37.0 Å². The van der Waals surface area contributed by atoms with Crippen LogP contribution in [0.2, 0.25) is 0 Å². The van der Waals surface area contributed by atoms with Gasteiger partial charge in [0.15, 0.2) is 0 Å². The van der Waals surface area contributed by atoms with Gasteiger partial charge in [0.05, 0.1) is 4.92 Å². The third kappa shape index (κ3) is 8.69. The molecule has 14 heteroatoms. The monoisotopic (exact) mass is 665 g/mol. The summed E-state index contributed by atoms with van der Waals surface area (Å²) in [5, 5.41) is 10.5. The third-order valence-electron chi connectivity index (χ3n) is 8.76.